The molecule has 2 saturated heterocycles. The molecule has 1 aromatic carbocycles. The molecule has 0 N–H and O–H groups in total. The molecule has 4 rings (SSSR count). The first-order valence-corrected chi connectivity index (χ1v) is 13.2. The Hall–Kier alpha value is -3.04. The minimum absolute atomic E-state index is 0.0318. The molecule has 0 radical (unpaired) electrons. The predicted molar refractivity (Wildman–Crippen MR) is 131 cm³/mol. The van der Waals surface area contributed by atoms with Crippen LogP contribution in [0.5, 0.6) is 0 Å². The summed E-state index contributed by atoms with van der Waals surface area (Å²) in [5.74, 6) is 0.688. The fourth-order valence-electron chi connectivity index (χ4n) is 4.23. The van der Waals surface area contributed by atoms with Crippen LogP contribution in [0, 0.1) is 11.3 Å². The molecular weight excluding hydrogens is 468 g/mol. The van der Waals surface area contributed by atoms with Gasteiger partial charge in [0.1, 0.15) is 10.7 Å². The van der Waals surface area contributed by atoms with E-state index in [4.69, 9.17) is 10.00 Å². The van der Waals surface area contributed by atoms with Crippen LogP contribution in [0.15, 0.2) is 53.6 Å². The van der Waals surface area contributed by atoms with Crippen LogP contribution >= 0.6 is 0 Å². The molecule has 35 heavy (non-hydrogen) atoms. The molecule has 0 aliphatic carbocycles. The summed E-state index contributed by atoms with van der Waals surface area (Å²) in [5, 5.41) is 8.98. The van der Waals surface area contributed by atoms with E-state index in [1.54, 1.807) is 17.0 Å². The van der Waals surface area contributed by atoms with E-state index in [0.29, 0.717) is 59.0 Å². The Morgan fingerprint density at radius 2 is 1.74 bits per heavy atom. The highest BCUT2D eigenvalue weighted by molar-refractivity contribution is 7.89. The zero-order chi connectivity index (χ0) is 24.7. The summed E-state index contributed by atoms with van der Waals surface area (Å²) < 4.78 is 32.3. The summed E-state index contributed by atoms with van der Waals surface area (Å²) in [6.45, 7) is 4.87. The Labute approximate surface area is 206 Å². The fraction of sp³-hybridized carbons (Fsp3) is 0.458. The van der Waals surface area contributed by atoms with Crippen molar-refractivity contribution in [3.05, 3.63) is 48.7 Å². The van der Waals surface area contributed by atoms with Gasteiger partial charge >= 0.3 is 0 Å². The number of morpholine rings is 1. The maximum atomic E-state index is 13.0. The number of piperazine rings is 1. The van der Waals surface area contributed by atoms with Crippen LogP contribution in [0.3, 0.4) is 0 Å². The molecule has 0 spiro atoms. The highest BCUT2D eigenvalue weighted by atomic mass is 32.2. The van der Waals surface area contributed by atoms with Crippen molar-refractivity contribution in [1.82, 2.24) is 14.2 Å². The minimum atomic E-state index is -3.57. The zero-order valence-corrected chi connectivity index (χ0v) is 20.4. The third-order valence-corrected chi connectivity index (χ3v) is 8.08. The van der Waals surface area contributed by atoms with Crippen LogP contribution < -0.4 is 9.80 Å². The van der Waals surface area contributed by atoms with Gasteiger partial charge in [-0.15, -0.1) is 0 Å². The Balaban J connectivity index is 1.33. The van der Waals surface area contributed by atoms with Crippen molar-refractivity contribution < 1.29 is 17.9 Å². The van der Waals surface area contributed by atoms with Gasteiger partial charge in [0.2, 0.25) is 15.9 Å². The summed E-state index contributed by atoms with van der Waals surface area (Å²) in [7, 11) is -3.57. The SMILES string of the molecule is N#CCCN(C(=O)CN1CCN(c2ccc(S(=O)(=O)N3CCOCC3)cn2)CC1)c1ccccc1. The van der Waals surface area contributed by atoms with Crippen molar-refractivity contribution in [3.8, 4) is 6.07 Å². The van der Waals surface area contributed by atoms with Gasteiger partial charge in [-0.05, 0) is 24.3 Å². The van der Waals surface area contributed by atoms with Gasteiger partial charge in [-0.3, -0.25) is 9.69 Å². The number of carbonyl (C=O) groups excluding carboxylic acids is 1. The second-order valence-corrected chi connectivity index (χ2v) is 10.4. The molecule has 2 fully saturated rings. The van der Waals surface area contributed by atoms with Gasteiger partial charge in [0.15, 0.2) is 0 Å². The Kier molecular flexibility index (Phi) is 8.30. The lowest BCUT2D eigenvalue weighted by atomic mass is 10.2. The summed E-state index contributed by atoms with van der Waals surface area (Å²) in [6.07, 6.45) is 1.69. The molecule has 0 atom stereocenters. The molecule has 2 aliphatic heterocycles. The standard InChI is InChI=1S/C24H30N6O4S/c25-9-4-10-30(21-5-2-1-3-6-21)24(31)20-27-11-13-28(14-12-27)23-8-7-22(19-26-23)35(32,33)29-15-17-34-18-16-29/h1-3,5-8,19H,4,10-18,20H2. The molecule has 11 heteroatoms. The van der Waals surface area contributed by atoms with Gasteiger partial charge in [-0.2, -0.15) is 9.57 Å². The zero-order valence-electron chi connectivity index (χ0n) is 19.6. The first-order valence-electron chi connectivity index (χ1n) is 11.7. The number of pyridine rings is 1. The number of anilines is 2. The first kappa shape index (κ1) is 25.1. The van der Waals surface area contributed by atoms with Crippen LogP contribution in [0.2, 0.25) is 0 Å². The van der Waals surface area contributed by atoms with E-state index >= 15 is 0 Å². The Morgan fingerprint density at radius 3 is 2.37 bits per heavy atom. The number of rotatable bonds is 8. The van der Waals surface area contributed by atoms with E-state index in [2.05, 4.69) is 20.9 Å². The lowest BCUT2D eigenvalue weighted by molar-refractivity contribution is -0.119. The molecule has 1 amide bonds. The summed E-state index contributed by atoms with van der Waals surface area (Å²) in [6, 6.07) is 14.9. The maximum absolute atomic E-state index is 13.0. The van der Waals surface area contributed by atoms with Crippen LogP contribution in [0.4, 0.5) is 11.5 Å². The number of amides is 1. The fourth-order valence-corrected chi connectivity index (χ4v) is 5.58. The summed E-state index contributed by atoms with van der Waals surface area (Å²) in [4.78, 5) is 23.5. The van der Waals surface area contributed by atoms with Crippen LogP contribution in [-0.4, -0.2) is 94.1 Å². The molecule has 1 aromatic heterocycles. The topological polar surface area (TPSA) is 110 Å². The summed E-state index contributed by atoms with van der Waals surface area (Å²) in [5.41, 5.74) is 0.794. The van der Waals surface area contributed by atoms with Gasteiger partial charge in [0, 0.05) is 57.7 Å². The predicted octanol–water partition coefficient (Wildman–Crippen LogP) is 1.17. The Morgan fingerprint density at radius 1 is 1.03 bits per heavy atom. The average molecular weight is 499 g/mol. The van der Waals surface area contributed by atoms with Crippen molar-refractivity contribution in [2.24, 2.45) is 0 Å². The van der Waals surface area contributed by atoms with E-state index in [1.165, 1.54) is 10.5 Å². The number of para-hydroxylation sites is 1. The number of hydrogen-bond donors (Lipinski definition) is 0. The maximum Gasteiger partial charge on any atom is 0.244 e. The second kappa shape index (κ2) is 11.6. The number of hydrogen-bond acceptors (Lipinski definition) is 8. The smallest absolute Gasteiger partial charge is 0.244 e. The number of carbonyl (C=O) groups is 1. The molecule has 0 unspecified atom stereocenters. The number of ether oxygens (including phenoxy) is 1. The molecule has 10 nitrogen and oxygen atoms in total. The minimum Gasteiger partial charge on any atom is -0.379 e. The molecular formula is C24H30N6O4S. The monoisotopic (exact) mass is 498 g/mol. The quantitative estimate of drug-likeness (QED) is 0.534. The van der Waals surface area contributed by atoms with E-state index in [0.717, 1.165) is 11.5 Å². The molecule has 0 saturated carbocycles. The van der Waals surface area contributed by atoms with Gasteiger partial charge in [-0.25, -0.2) is 13.4 Å². The van der Waals surface area contributed by atoms with Crippen molar-refractivity contribution in [2.45, 2.75) is 11.3 Å². The lowest BCUT2D eigenvalue weighted by Crippen LogP contribution is -2.50. The van der Waals surface area contributed by atoms with Crippen LogP contribution in [0.25, 0.3) is 0 Å². The highest BCUT2D eigenvalue weighted by Crippen LogP contribution is 2.20. The van der Waals surface area contributed by atoms with Crippen LogP contribution in [0.1, 0.15) is 6.42 Å². The van der Waals surface area contributed by atoms with Crippen molar-refractivity contribution in [2.75, 3.05) is 75.4 Å². The number of nitriles is 1. The largest absolute Gasteiger partial charge is 0.379 e. The first-order chi connectivity index (χ1) is 17.0. The lowest BCUT2D eigenvalue weighted by Gasteiger charge is -2.36. The van der Waals surface area contributed by atoms with Gasteiger partial charge in [0.25, 0.3) is 0 Å². The third-order valence-electron chi connectivity index (χ3n) is 6.20. The number of benzene rings is 1. The van der Waals surface area contributed by atoms with E-state index < -0.39 is 10.0 Å². The second-order valence-electron chi connectivity index (χ2n) is 8.42. The normalized spacial score (nSPS) is 17.6. The Bertz CT molecular complexity index is 1120. The molecule has 186 valence electrons. The summed E-state index contributed by atoms with van der Waals surface area (Å²) >= 11 is 0. The van der Waals surface area contributed by atoms with E-state index in [9.17, 15) is 13.2 Å². The number of sulfonamides is 1. The third kappa shape index (κ3) is 6.15. The molecule has 3 heterocycles. The average Bonchev–Trinajstić information content (AvgIpc) is 2.90. The van der Waals surface area contributed by atoms with E-state index in [-0.39, 0.29) is 23.8 Å². The molecule has 2 aromatic rings. The van der Waals surface area contributed by atoms with Crippen molar-refractivity contribution >= 4 is 27.4 Å². The highest BCUT2D eigenvalue weighted by Gasteiger charge is 2.27. The van der Waals surface area contributed by atoms with Crippen molar-refractivity contribution in [1.29, 1.82) is 5.26 Å². The van der Waals surface area contributed by atoms with Gasteiger partial charge < -0.3 is 14.5 Å². The molecule has 0 bridgehead atoms. The molecule has 2 aliphatic rings. The van der Waals surface area contributed by atoms with E-state index in [1.807, 2.05) is 30.3 Å². The van der Waals surface area contributed by atoms with Gasteiger partial charge in [-0.1, -0.05) is 18.2 Å². The number of aromatic nitrogens is 1. The van der Waals surface area contributed by atoms with Crippen LogP contribution in [-0.2, 0) is 19.6 Å². The number of nitrogens with zero attached hydrogens (tertiary/aromatic N) is 6. The van der Waals surface area contributed by atoms with Gasteiger partial charge in [0.05, 0.1) is 32.2 Å². The van der Waals surface area contributed by atoms with Crippen molar-refractivity contribution in [3.63, 3.8) is 0 Å².